The SMILES string of the molecule is COc1ccc(C(=O)CSc2nnc(Cc3cccs3)n2C)cc1OC. The zero-order valence-electron chi connectivity index (χ0n) is 14.8. The number of thiophene rings is 1. The summed E-state index contributed by atoms with van der Waals surface area (Å²) in [5.41, 5.74) is 0.580. The first-order chi connectivity index (χ1) is 12.6. The molecule has 0 aliphatic heterocycles. The lowest BCUT2D eigenvalue weighted by atomic mass is 10.1. The maximum atomic E-state index is 12.5. The molecule has 0 aliphatic carbocycles. The molecule has 0 N–H and O–H groups in total. The summed E-state index contributed by atoms with van der Waals surface area (Å²) >= 11 is 3.07. The Kier molecular flexibility index (Phi) is 5.95. The molecule has 8 heteroatoms. The number of hydrogen-bond donors (Lipinski definition) is 0. The van der Waals surface area contributed by atoms with E-state index in [1.807, 2.05) is 23.1 Å². The van der Waals surface area contributed by atoms with Crippen LogP contribution in [-0.2, 0) is 13.5 Å². The van der Waals surface area contributed by atoms with Crippen molar-refractivity contribution in [2.75, 3.05) is 20.0 Å². The molecule has 0 amide bonds. The van der Waals surface area contributed by atoms with Gasteiger partial charge in [-0.15, -0.1) is 21.5 Å². The van der Waals surface area contributed by atoms with E-state index in [0.717, 1.165) is 17.4 Å². The molecule has 3 aromatic rings. The van der Waals surface area contributed by atoms with E-state index in [1.54, 1.807) is 43.8 Å². The van der Waals surface area contributed by atoms with Crippen LogP contribution in [0.15, 0.2) is 40.9 Å². The highest BCUT2D eigenvalue weighted by Gasteiger charge is 2.15. The number of thioether (sulfide) groups is 1. The molecule has 0 atom stereocenters. The number of ether oxygens (including phenoxy) is 2. The Morgan fingerprint density at radius 3 is 2.69 bits per heavy atom. The molecule has 1 aromatic carbocycles. The summed E-state index contributed by atoms with van der Waals surface area (Å²) in [6.45, 7) is 0. The van der Waals surface area contributed by atoms with Crippen LogP contribution < -0.4 is 9.47 Å². The zero-order chi connectivity index (χ0) is 18.5. The monoisotopic (exact) mass is 389 g/mol. The number of benzene rings is 1. The molecule has 0 saturated carbocycles. The normalized spacial score (nSPS) is 10.7. The first-order valence-corrected chi connectivity index (χ1v) is 9.77. The first-order valence-electron chi connectivity index (χ1n) is 7.91. The van der Waals surface area contributed by atoms with Gasteiger partial charge in [-0.1, -0.05) is 17.8 Å². The quantitative estimate of drug-likeness (QED) is 0.434. The molecule has 0 saturated heterocycles. The maximum Gasteiger partial charge on any atom is 0.191 e. The fourth-order valence-corrected chi connectivity index (χ4v) is 3.94. The lowest BCUT2D eigenvalue weighted by molar-refractivity contribution is 0.102. The Labute approximate surface area is 160 Å². The third-order valence-electron chi connectivity index (χ3n) is 3.88. The summed E-state index contributed by atoms with van der Waals surface area (Å²) in [6, 6.07) is 9.27. The van der Waals surface area contributed by atoms with E-state index >= 15 is 0 Å². The Morgan fingerprint density at radius 1 is 1.19 bits per heavy atom. The fraction of sp³-hybridized carbons (Fsp3) is 0.278. The van der Waals surface area contributed by atoms with E-state index in [4.69, 9.17) is 9.47 Å². The second-order valence-electron chi connectivity index (χ2n) is 5.50. The Morgan fingerprint density at radius 2 is 2.00 bits per heavy atom. The van der Waals surface area contributed by atoms with Crippen molar-refractivity contribution in [3.8, 4) is 11.5 Å². The van der Waals surface area contributed by atoms with Gasteiger partial charge in [0.2, 0.25) is 0 Å². The summed E-state index contributed by atoms with van der Waals surface area (Å²) in [5, 5.41) is 11.2. The van der Waals surface area contributed by atoms with Gasteiger partial charge in [-0.2, -0.15) is 0 Å². The van der Waals surface area contributed by atoms with Gasteiger partial charge >= 0.3 is 0 Å². The summed E-state index contributed by atoms with van der Waals surface area (Å²) < 4.78 is 12.4. The standard InChI is InChI=1S/C18H19N3O3S2/c1-21-17(10-13-5-4-8-25-13)19-20-18(21)26-11-14(22)12-6-7-15(23-2)16(9-12)24-3/h4-9H,10-11H2,1-3H3. The van der Waals surface area contributed by atoms with Gasteiger partial charge in [0.25, 0.3) is 0 Å². The predicted octanol–water partition coefficient (Wildman–Crippen LogP) is 3.46. The smallest absolute Gasteiger partial charge is 0.191 e. The zero-order valence-corrected chi connectivity index (χ0v) is 16.4. The van der Waals surface area contributed by atoms with E-state index in [1.165, 1.54) is 16.6 Å². The van der Waals surface area contributed by atoms with E-state index in [2.05, 4.69) is 16.3 Å². The van der Waals surface area contributed by atoms with Crippen LogP contribution in [-0.4, -0.2) is 40.5 Å². The van der Waals surface area contributed by atoms with E-state index < -0.39 is 0 Å². The molecular formula is C18H19N3O3S2. The van der Waals surface area contributed by atoms with Gasteiger partial charge < -0.3 is 14.0 Å². The summed E-state index contributed by atoms with van der Waals surface area (Å²) in [6.07, 6.45) is 0.741. The second-order valence-corrected chi connectivity index (χ2v) is 7.47. The van der Waals surface area contributed by atoms with Crippen molar-refractivity contribution in [3.63, 3.8) is 0 Å². The minimum absolute atomic E-state index is 0.00115. The molecule has 26 heavy (non-hydrogen) atoms. The summed E-state index contributed by atoms with van der Waals surface area (Å²) in [4.78, 5) is 13.7. The molecule has 0 radical (unpaired) electrons. The van der Waals surface area contributed by atoms with Gasteiger partial charge in [-0.05, 0) is 29.6 Å². The number of aromatic nitrogens is 3. The van der Waals surface area contributed by atoms with Crippen LogP contribution in [0.1, 0.15) is 21.1 Å². The van der Waals surface area contributed by atoms with Crippen LogP contribution in [0, 0.1) is 0 Å². The molecule has 0 fully saturated rings. The van der Waals surface area contributed by atoms with E-state index in [-0.39, 0.29) is 11.5 Å². The molecule has 6 nitrogen and oxygen atoms in total. The van der Waals surface area contributed by atoms with Crippen LogP contribution in [0.2, 0.25) is 0 Å². The van der Waals surface area contributed by atoms with Gasteiger partial charge in [-0.25, -0.2) is 0 Å². The van der Waals surface area contributed by atoms with Crippen molar-refractivity contribution in [1.29, 1.82) is 0 Å². The molecule has 0 bridgehead atoms. The third kappa shape index (κ3) is 4.08. The molecule has 2 heterocycles. The lowest BCUT2D eigenvalue weighted by Gasteiger charge is -2.09. The van der Waals surface area contributed by atoms with Crippen LogP contribution in [0.3, 0.4) is 0 Å². The number of ketones is 1. The van der Waals surface area contributed by atoms with Crippen molar-refractivity contribution in [2.45, 2.75) is 11.6 Å². The number of Topliss-reactive ketones (excluding diaryl/α,β-unsaturated/α-hetero) is 1. The largest absolute Gasteiger partial charge is 0.493 e. The number of hydrogen-bond acceptors (Lipinski definition) is 7. The Bertz CT molecular complexity index is 891. The van der Waals surface area contributed by atoms with Crippen molar-refractivity contribution >= 4 is 28.9 Å². The average molecular weight is 390 g/mol. The minimum atomic E-state index is -0.00115. The van der Waals surface area contributed by atoms with Crippen LogP contribution in [0.5, 0.6) is 11.5 Å². The van der Waals surface area contributed by atoms with Crippen molar-refractivity contribution in [2.24, 2.45) is 7.05 Å². The van der Waals surface area contributed by atoms with Gasteiger partial charge in [0.05, 0.1) is 20.0 Å². The first kappa shape index (κ1) is 18.5. The fourth-order valence-electron chi connectivity index (χ4n) is 2.42. The highest BCUT2D eigenvalue weighted by Crippen LogP contribution is 2.28. The number of carbonyl (C=O) groups is 1. The maximum absolute atomic E-state index is 12.5. The van der Waals surface area contributed by atoms with Crippen molar-refractivity contribution in [1.82, 2.24) is 14.8 Å². The number of carbonyl (C=O) groups excluding carboxylic acids is 1. The Balaban J connectivity index is 1.65. The summed E-state index contributed by atoms with van der Waals surface area (Å²) in [7, 11) is 5.04. The molecule has 3 rings (SSSR count). The molecular weight excluding hydrogens is 370 g/mol. The van der Waals surface area contributed by atoms with Gasteiger partial charge in [0.1, 0.15) is 5.82 Å². The van der Waals surface area contributed by atoms with Crippen molar-refractivity contribution in [3.05, 3.63) is 52.0 Å². The van der Waals surface area contributed by atoms with Gasteiger partial charge in [-0.3, -0.25) is 4.79 Å². The molecule has 0 unspecified atom stereocenters. The number of nitrogens with zero attached hydrogens (tertiary/aromatic N) is 3. The van der Waals surface area contributed by atoms with Crippen LogP contribution in [0.25, 0.3) is 0 Å². The topological polar surface area (TPSA) is 66.2 Å². The van der Waals surface area contributed by atoms with Gasteiger partial charge in [0.15, 0.2) is 22.4 Å². The van der Waals surface area contributed by atoms with Crippen molar-refractivity contribution < 1.29 is 14.3 Å². The molecule has 136 valence electrons. The second kappa shape index (κ2) is 8.37. The minimum Gasteiger partial charge on any atom is -0.493 e. The Hall–Kier alpha value is -2.32. The highest BCUT2D eigenvalue weighted by atomic mass is 32.2. The van der Waals surface area contributed by atoms with E-state index in [9.17, 15) is 4.79 Å². The lowest BCUT2D eigenvalue weighted by Crippen LogP contribution is -2.05. The number of rotatable bonds is 8. The third-order valence-corrected chi connectivity index (χ3v) is 5.77. The molecule has 0 aliphatic rings. The van der Waals surface area contributed by atoms with Crippen LogP contribution >= 0.6 is 23.1 Å². The molecule has 0 spiro atoms. The number of methoxy groups -OCH3 is 2. The van der Waals surface area contributed by atoms with E-state index in [0.29, 0.717) is 17.1 Å². The van der Waals surface area contributed by atoms with Gasteiger partial charge in [0, 0.05) is 23.9 Å². The summed E-state index contributed by atoms with van der Waals surface area (Å²) in [5.74, 6) is 2.30. The predicted molar refractivity (Wildman–Crippen MR) is 103 cm³/mol. The molecule has 2 aromatic heterocycles. The van der Waals surface area contributed by atoms with Crippen LogP contribution in [0.4, 0.5) is 0 Å². The average Bonchev–Trinajstić information content (AvgIpc) is 3.30. The highest BCUT2D eigenvalue weighted by molar-refractivity contribution is 7.99.